The van der Waals surface area contributed by atoms with E-state index in [1.54, 1.807) is 0 Å². The van der Waals surface area contributed by atoms with Gasteiger partial charge in [0.25, 0.3) is 11.6 Å². The molecule has 0 radical (unpaired) electrons. The highest BCUT2D eigenvalue weighted by Gasteiger charge is 2.52. The number of imidazole rings is 2. The van der Waals surface area contributed by atoms with E-state index in [1.165, 1.54) is 37.6 Å². The maximum Gasteiger partial charge on any atom is 0.257 e. The fourth-order valence-corrected chi connectivity index (χ4v) is 4.29. The maximum atomic E-state index is 2.48. The lowest BCUT2D eigenvalue weighted by molar-refractivity contribution is -0.723. The predicted molar refractivity (Wildman–Crippen MR) is 79.9 cm³/mol. The Hall–Kier alpha value is -1.58. The molecule has 0 atom stereocenters. The molecular weight excluding hydrogens is 260 g/mol. The third kappa shape index (κ3) is 1.81. The molecule has 0 saturated carbocycles. The molecule has 21 heavy (non-hydrogen) atoms. The van der Waals surface area contributed by atoms with Crippen molar-refractivity contribution in [2.45, 2.75) is 65.7 Å². The van der Waals surface area contributed by atoms with Crippen LogP contribution in [0.15, 0.2) is 24.8 Å². The molecule has 0 aliphatic carbocycles. The molecule has 4 nitrogen and oxygen atoms in total. The van der Waals surface area contributed by atoms with Crippen LogP contribution in [0, 0.1) is 5.41 Å². The van der Waals surface area contributed by atoms with Crippen LogP contribution < -0.4 is 9.13 Å². The van der Waals surface area contributed by atoms with E-state index >= 15 is 0 Å². The normalized spacial score (nSPS) is 19.0. The second-order valence-corrected chi connectivity index (χ2v) is 7.54. The zero-order valence-electron chi connectivity index (χ0n) is 13.6. The Morgan fingerprint density at radius 1 is 0.857 bits per heavy atom. The van der Waals surface area contributed by atoms with E-state index in [9.17, 15) is 0 Å². The molecule has 1 spiro atoms. The number of aromatic nitrogens is 4. The fourth-order valence-electron chi connectivity index (χ4n) is 4.29. The molecule has 0 unspecified atom stereocenters. The molecule has 0 amide bonds. The molecule has 0 N–H and O–H groups in total. The van der Waals surface area contributed by atoms with E-state index in [0.717, 1.165) is 0 Å². The van der Waals surface area contributed by atoms with Crippen LogP contribution in [-0.2, 0) is 25.9 Å². The zero-order valence-corrected chi connectivity index (χ0v) is 13.6. The fraction of sp³-hybridized carbons (Fsp3) is 0.647. The lowest BCUT2D eigenvalue weighted by Crippen LogP contribution is -2.41. The van der Waals surface area contributed by atoms with Crippen molar-refractivity contribution in [2.24, 2.45) is 5.41 Å². The van der Waals surface area contributed by atoms with Crippen LogP contribution >= 0.6 is 0 Å². The maximum absolute atomic E-state index is 2.48. The van der Waals surface area contributed by atoms with Gasteiger partial charge in [-0.1, -0.05) is 0 Å². The number of rotatable bonds is 2. The van der Waals surface area contributed by atoms with Crippen molar-refractivity contribution >= 4 is 0 Å². The van der Waals surface area contributed by atoms with E-state index in [4.69, 9.17) is 0 Å². The van der Waals surface area contributed by atoms with Crippen LogP contribution in [0.4, 0.5) is 0 Å². The Bertz CT molecular complexity index is 629. The zero-order chi connectivity index (χ0) is 14.8. The van der Waals surface area contributed by atoms with Crippen molar-refractivity contribution in [3.05, 3.63) is 36.4 Å². The first kappa shape index (κ1) is 13.1. The van der Waals surface area contributed by atoms with Gasteiger partial charge in [-0.3, -0.25) is 0 Å². The molecule has 4 rings (SSSR count). The summed E-state index contributed by atoms with van der Waals surface area (Å²) in [6, 6.07) is 1.11. The van der Waals surface area contributed by atoms with Crippen molar-refractivity contribution in [1.82, 2.24) is 9.13 Å². The Balaban J connectivity index is 1.65. The topological polar surface area (TPSA) is 17.6 Å². The molecule has 4 heteroatoms. The Morgan fingerprint density at radius 3 is 1.67 bits per heavy atom. The summed E-state index contributed by atoms with van der Waals surface area (Å²) in [6.07, 6.45) is 11.4. The average Bonchev–Trinajstić information content (AvgIpc) is 3.07. The van der Waals surface area contributed by atoms with Crippen molar-refractivity contribution in [3.63, 3.8) is 0 Å². The van der Waals surface area contributed by atoms with Gasteiger partial charge in [0.15, 0.2) is 0 Å². The highest BCUT2D eigenvalue weighted by atomic mass is 15.2. The number of fused-ring (bicyclic) bond motifs is 2. The first-order valence-corrected chi connectivity index (χ1v) is 8.17. The third-order valence-electron chi connectivity index (χ3n) is 5.26. The van der Waals surface area contributed by atoms with E-state index in [0.29, 0.717) is 17.5 Å². The number of hydrogen-bond donors (Lipinski definition) is 0. The van der Waals surface area contributed by atoms with Gasteiger partial charge < -0.3 is 0 Å². The van der Waals surface area contributed by atoms with E-state index < -0.39 is 0 Å². The molecule has 0 bridgehead atoms. The van der Waals surface area contributed by atoms with Crippen LogP contribution in [0.3, 0.4) is 0 Å². The quantitative estimate of drug-likeness (QED) is 0.750. The van der Waals surface area contributed by atoms with Crippen molar-refractivity contribution in [2.75, 3.05) is 0 Å². The summed E-state index contributed by atoms with van der Waals surface area (Å²) in [5, 5.41) is 0. The predicted octanol–water partition coefficient (Wildman–Crippen LogP) is 1.83. The molecule has 4 heterocycles. The molecule has 2 aliphatic heterocycles. The van der Waals surface area contributed by atoms with Crippen LogP contribution in [-0.4, -0.2) is 9.13 Å². The molecular formula is C17H26N4+2. The molecule has 112 valence electrons. The van der Waals surface area contributed by atoms with Gasteiger partial charge in [-0.05, 0) is 27.7 Å². The van der Waals surface area contributed by atoms with E-state index in [2.05, 4.69) is 70.8 Å². The minimum atomic E-state index is 0.403. The minimum Gasteiger partial charge on any atom is -0.233 e. The standard InChI is InChI=1S/C17H26N4/c1-13(2)20-7-5-18-11-17(9-15(18)20)10-16-19(12-17)6-8-21(16)14(3)4/h5-8,13-14H,9-12H2,1-4H3/q+2. The molecule has 0 aromatic carbocycles. The summed E-state index contributed by atoms with van der Waals surface area (Å²) < 4.78 is 9.84. The van der Waals surface area contributed by atoms with Gasteiger partial charge in [0, 0.05) is 0 Å². The monoisotopic (exact) mass is 286 g/mol. The summed E-state index contributed by atoms with van der Waals surface area (Å²) in [4.78, 5) is 0. The second-order valence-electron chi connectivity index (χ2n) is 7.54. The van der Waals surface area contributed by atoms with Crippen LogP contribution in [0.2, 0.25) is 0 Å². The van der Waals surface area contributed by atoms with Crippen molar-refractivity contribution in [1.29, 1.82) is 0 Å². The third-order valence-corrected chi connectivity index (χ3v) is 5.26. The van der Waals surface area contributed by atoms with Crippen LogP contribution in [0.25, 0.3) is 0 Å². The molecule has 0 saturated heterocycles. The van der Waals surface area contributed by atoms with Crippen LogP contribution in [0.1, 0.15) is 51.4 Å². The summed E-state index contributed by atoms with van der Waals surface area (Å²) in [6.45, 7) is 11.4. The lowest BCUT2D eigenvalue weighted by atomic mass is 9.85. The van der Waals surface area contributed by atoms with Gasteiger partial charge in [-0.15, -0.1) is 0 Å². The van der Waals surface area contributed by atoms with Gasteiger partial charge in [-0.2, -0.15) is 0 Å². The minimum absolute atomic E-state index is 0.403. The number of nitrogens with zero attached hydrogens (tertiary/aromatic N) is 4. The van der Waals surface area contributed by atoms with Gasteiger partial charge >= 0.3 is 0 Å². The Kier molecular flexibility index (Phi) is 2.63. The lowest BCUT2D eigenvalue weighted by Gasteiger charge is -2.15. The Morgan fingerprint density at radius 2 is 1.29 bits per heavy atom. The summed E-state index contributed by atoms with van der Waals surface area (Å²) >= 11 is 0. The smallest absolute Gasteiger partial charge is 0.233 e. The van der Waals surface area contributed by atoms with E-state index in [-0.39, 0.29) is 0 Å². The molecule has 2 aromatic rings. The largest absolute Gasteiger partial charge is 0.257 e. The highest BCUT2D eigenvalue weighted by Crippen LogP contribution is 2.36. The summed E-state index contributed by atoms with van der Waals surface area (Å²) in [7, 11) is 0. The van der Waals surface area contributed by atoms with Crippen molar-refractivity contribution < 1.29 is 9.13 Å². The van der Waals surface area contributed by atoms with Gasteiger partial charge in [0.1, 0.15) is 37.9 Å². The average molecular weight is 286 g/mol. The number of hydrogen-bond acceptors (Lipinski definition) is 0. The summed E-state index contributed by atoms with van der Waals surface area (Å²) in [5.74, 6) is 3.01. The van der Waals surface area contributed by atoms with Gasteiger partial charge in [0.05, 0.1) is 30.3 Å². The SMILES string of the molecule is CC(C)n1cc[n+]2c1CC1(Cc3n(C(C)C)cc[n+]3C1)C2. The molecule has 0 fully saturated rings. The first-order valence-electron chi connectivity index (χ1n) is 8.17. The van der Waals surface area contributed by atoms with Gasteiger partial charge in [0.2, 0.25) is 0 Å². The van der Waals surface area contributed by atoms with Gasteiger partial charge in [-0.25, -0.2) is 18.3 Å². The van der Waals surface area contributed by atoms with E-state index in [1.807, 2.05) is 0 Å². The first-order chi connectivity index (χ1) is 9.99. The summed E-state index contributed by atoms with van der Waals surface area (Å²) in [5.41, 5.74) is 0.403. The van der Waals surface area contributed by atoms with Crippen molar-refractivity contribution in [3.8, 4) is 0 Å². The highest BCUT2D eigenvalue weighted by molar-refractivity contribution is 5.03. The second kappa shape index (κ2) is 4.21. The Labute approximate surface area is 126 Å². The van der Waals surface area contributed by atoms with Crippen LogP contribution in [0.5, 0.6) is 0 Å². The molecule has 2 aromatic heterocycles. The molecule has 2 aliphatic rings.